The van der Waals surface area contributed by atoms with Gasteiger partial charge in [0.1, 0.15) is 5.78 Å². The summed E-state index contributed by atoms with van der Waals surface area (Å²) < 4.78 is 4.97. The van der Waals surface area contributed by atoms with Gasteiger partial charge >= 0.3 is 0 Å². The molecule has 0 aromatic carbocycles. The lowest BCUT2D eigenvalue weighted by Crippen LogP contribution is -2.31. The van der Waals surface area contributed by atoms with E-state index < -0.39 is 0 Å². The Morgan fingerprint density at radius 1 is 1.43 bits per heavy atom. The van der Waals surface area contributed by atoms with Crippen LogP contribution in [0.2, 0.25) is 0 Å². The molecular weight excluding hydrogens is 178 g/mol. The summed E-state index contributed by atoms with van der Waals surface area (Å²) in [6, 6.07) is 0. The van der Waals surface area contributed by atoms with E-state index in [-0.39, 0.29) is 0 Å². The van der Waals surface area contributed by atoms with Gasteiger partial charge in [0.05, 0.1) is 13.2 Å². The molecule has 1 rings (SSSR count). The zero-order valence-corrected chi connectivity index (χ0v) is 9.29. The third-order valence-electron chi connectivity index (χ3n) is 2.91. The highest BCUT2D eigenvalue weighted by Gasteiger charge is 2.22. The highest BCUT2D eigenvalue weighted by molar-refractivity contribution is 5.83. The first-order valence-electron chi connectivity index (χ1n) is 5.44. The van der Waals surface area contributed by atoms with Gasteiger partial charge in [-0.05, 0) is 19.9 Å². The van der Waals surface area contributed by atoms with Crippen molar-refractivity contribution in [2.24, 2.45) is 5.92 Å². The lowest BCUT2D eigenvalue weighted by Gasteiger charge is -2.17. The maximum atomic E-state index is 11.7. The minimum atomic E-state index is 0.347. The lowest BCUT2D eigenvalue weighted by molar-refractivity contribution is -0.123. The molecule has 1 saturated carbocycles. The van der Waals surface area contributed by atoms with Crippen molar-refractivity contribution >= 4 is 5.78 Å². The first-order valence-corrected chi connectivity index (χ1v) is 5.44. The molecule has 0 radical (unpaired) electrons. The van der Waals surface area contributed by atoms with Gasteiger partial charge in [-0.25, -0.2) is 0 Å². The van der Waals surface area contributed by atoms with E-state index in [0.717, 1.165) is 19.4 Å². The number of carbonyl (C=O) groups excluding carboxylic acids is 1. The average molecular weight is 199 g/mol. The summed E-state index contributed by atoms with van der Waals surface area (Å²) in [4.78, 5) is 13.8. The lowest BCUT2D eigenvalue weighted by atomic mass is 10.0. The second kappa shape index (κ2) is 6.14. The van der Waals surface area contributed by atoms with Crippen molar-refractivity contribution in [2.75, 3.05) is 33.9 Å². The van der Waals surface area contributed by atoms with Crippen LogP contribution in [0.1, 0.15) is 25.7 Å². The second-order valence-corrected chi connectivity index (χ2v) is 4.18. The maximum absolute atomic E-state index is 11.7. The number of carbonyl (C=O) groups is 1. The Bertz CT molecular complexity index is 176. The van der Waals surface area contributed by atoms with Crippen molar-refractivity contribution in [2.45, 2.75) is 25.7 Å². The van der Waals surface area contributed by atoms with Crippen molar-refractivity contribution in [1.82, 2.24) is 4.90 Å². The fraction of sp³-hybridized carbons (Fsp3) is 0.909. The molecule has 0 aromatic heterocycles. The number of ether oxygens (including phenoxy) is 1. The van der Waals surface area contributed by atoms with Crippen LogP contribution in [0.25, 0.3) is 0 Å². The van der Waals surface area contributed by atoms with E-state index >= 15 is 0 Å². The van der Waals surface area contributed by atoms with Crippen LogP contribution in [0.4, 0.5) is 0 Å². The Kier molecular flexibility index (Phi) is 5.12. The minimum Gasteiger partial charge on any atom is -0.383 e. The molecule has 1 aliphatic rings. The van der Waals surface area contributed by atoms with Crippen molar-refractivity contribution < 1.29 is 9.53 Å². The van der Waals surface area contributed by atoms with Gasteiger partial charge in [-0.3, -0.25) is 9.69 Å². The zero-order valence-electron chi connectivity index (χ0n) is 9.29. The smallest absolute Gasteiger partial charge is 0.149 e. The number of ketones is 1. The Morgan fingerprint density at radius 3 is 2.64 bits per heavy atom. The van der Waals surface area contributed by atoms with Crippen molar-refractivity contribution in [1.29, 1.82) is 0 Å². The van der Waals surface area contributed by atoms with Crippen LogP contribution in [-0.2, 0) is 9.53 Å². The van der Waals surface area contributed by atoms with E-state index in [1.807, 2.05) is 11.9 Å². The molecular formula is C11H21NO2. The molecule has 1 aliphatic carbocycles. The molecule has 0 heterocycles. The first-order chi connectivity index (χ1) is 6.74. The van der Waals surface area contributed by atoms with E-state index in [9.17, 15) is 4.79 Å². The van der Waals surface area contributed by atoms with Crippen LogP contribution in [-0.4, -0.2) is 44.5 Å². The first kappa shape index (κ1) is 11.7. The molecule has 0 N–H and O–H groups in total. The van der Waals surface area contributed by atoms with Gasteiger partial charge in [0.25, 0.3) is 0 Å². The number of hydrogen-bond acceptors (Lipinski definition) is 3. The number of methoxy groups -OCH3 is 1. The highest BCUT2D eigenvalue weighted by Crippen LogP contribution is 2.25. The zero-order chi connectivity index (χ0) is 10.4. The molecule has 0 aromatic rings. The van der Waals surface area contributed by atoms with E-state index in [1.54, 1.807) is 7.11 Å². The van der Waals surface area contributed by atoms with Gasteiger partial charge in [-0.2, -0.15) is 0 Å². The predicted molar refractivity (Wildman–Crippen MR) is 56.3 cm³/mol. The Balaban J connectivity index is 2.18. The summed E-state index contributed by atoms with van der Waals surface area (Å²) in [6.07, 6.45) is 4.68. The molecule has 3 nitrogen and oxygen atoms in total. The van der Waals surface area contributed by atoms with Crippen molar-refractivity contribution in [3.8, 4) is 0 Å². The number of nitrogens with zero attached hydrogens (tertiary/aromatic N) is 1. The van der Waals surface area contributed by atoms with Gasteiger partial charge in [-0.1, -0.05) is 12.8 Å². The fourth-order valence-corrected chi connectivity index (χ4v) is 1.97. The van der Waals surface area contributed by atoms with Crippen LogP contribution in [0.15, 0.2) is 0 Å². The predicted octanol–water partition coefficient (Wildman–Crippen LogP) is 1.32. The largest absolute Gasteiger partial charge is 0.383 e. The Labute approximate surface area is 86.4 Å². The molecule has 3 heteroatoms. The van der Waals surface area contributed by atoms with Gasteiger partial charge < -0.3 is 4.74 Å². The molecule has 0 aliphatic heterocycles. The summed E-state index contributed by atoms with van der Waals surface area (Å²) >= 11 is 0. The Morgan fingerprint density at radius 2 is 2.07 bits per heavy atom. The van der Waals surface area contributed by atoms with Crippen molar-refractivity contribution in [3.63, 3.8) is 0 Å². The van der Waals surface area contributed by atoms with Crippen LogP contribution in [0.3, 0.4) is 0 Å². The van der Waals surface area contributed by atoms with Crippen LogP contribution < -0.4 is 0 Å². The monoisotopic (exact) mass is 199 g/mol. The molecule has 82 valence electrons. The normalized spacial score (nSPS) is 17.9. The van der Waals surface area contributed by atoms with Gasteiger partial charge in [0.2, 0.25) is 0 Å². The average Bonchev–Trinajstić information content (AvgIpc) is 2.67. The standard InChI is InChI=1S/C11H21NO2/c1-12(7-8-14-2)9-11(13)10-5-3-4-6-10/h10H,3-9H2,1-2H3. The fourth-order valence-electron chi connectivity index (χ4n) is 1.97. The van der Waals surface area contributed by atoms with Gasteiger partial charge in [-0.15, -0.1) is 0 Å². The Hall–Kier alpha value is -0.410. The summed E-state index contributed by atoms with van der Waals surface area (Å²) in [5.41, 5.74) is 0. The molecule has 1 fully saturated rings. The quantitative estimate of drug-likeness (QED) is 0.646. The van der Waals surface area contributed by atoms with Crippen LogP contribution >= 0.6 is 0 Å². The van der Waals surface area contributed by atoms with Crippen LogP contribution in [0, 0.1) is 5.92 Å². The third-order valence-corrected chi connectivity index (χ3v) is 2.91. The van der Waals surface area contributed by atoms with Gasteiger partial charge in [0.15, 0.2) is 0 Å². The summed E-state index contributed by atoms with van der Waals surface area (Å²) in [7, 11) is 3.67. The maximum Gasteiger partial charge on any atom is 0.149 e. The topological polar surface area (TPSA) is 29.5 Å². The summed E-state index contributed by atoms with van der Waals surface area (Å²) in [5, 5.41) is 0. The molecule has 0 spiro atoms. The van der Waals surface area contributed by atoms with E-state index in [4.69, 9.17) is 4.74 Å². The highest BCUT2D eigenvalue weighted by atomic mass is 16.5. The summed E-state index contributed by atoms with van der Waals surface area (Å²) in [6.45, 7) is 2.14. The molecule has 0 bridgehead atoms. The molecule has 0 unspecified atom stereocenters. The number of likely N-dealkylation sites (N-methyl/N-ethyl adjacent to an activating group) is 1. The number of Topliss-reactive ketones (excluding diaryl/α,β-unsaturated/α-hetero) is 1. The number of rotatable bonds is 6. The summed E-state index contributed by atoms with van der Waals surface area (Å²) in [5.74, 6) is 0.765. The molecule has 14 heavy (non-hydrogen) atoms. The van der Waals surface area contributed by atoms with E-state index in [2.05, 4.69) is 0 Å². The van der Waals surface area contributed by atoms with E-state index in [0.29, 0.717) is 24.9 Å². The van der Waals surface area contributed by atoms with Crippen molar-refractivity contribution in [3.05, 3.63) is 0 Å². The van der Waals surface area contributed by atoms with Crippen LogP contribution in [0.5, 0.6) is 0 Å². The SMILES string of the molecule is COCCN(C)CC(=O)C1CCCC1. The minimum absolute atomic E-state index is 0.347. The van der Waals surface area contributed by atoms with E-state index in [1.165, 1.54) is 12.8 Å². The second-order valence-electron chi connectivity index (χ2n) is 4.18. The number of hydrogen-bond donors (Lipinski definition) is 0. The van der Waals surface area contributed by atoms with Gasteiger partial charge in [0, 0.05) is 19.6 Å². The third kappa shape index (κ3) is 3.76. The molecule has 0 saturated heterocycles. The molecule has 0 atom stereocenters. The molecule has 0 amide bonds.